The van der Waals surface area contributed by atoms with Crippen LogP contribution in [-0.2, 0) is 6.54 Å². The van der Waals surface area contributed by atoms with Crippen LogP contribution in [0.5, 0.6) is 0 Å². The Kier molecular flexibility index (Phi) is 11.4. The fourth-order valence-corrected chi connectivity index (χ4v) is 2.34. The van der Waals surface area contributed by atoms with E-state index in [4.69, 9.17) is 0 Å². The van der Waals surface area contributed by atoms with Crippen LogP contribution >= 0.6 is 24.0 Å². The highest BCUT2D eigenvalue weighted by Gasteiger charge is 2.17. The third-order valence-electron chi connectivity index (χ3n) is 3.88. The third kappa shape index (κ3) is 9.61. The Balaban J connectivity index is 0.00000576. The number of nitro groups is 1. The highest BCUT2D eigenvalue weighted by molar-refractivity contribution is 14.0. The van der Waals surface area contributed by atoms with Crippen molar-refractivity contribution in [1.29, 1.82) is 0 Å². The van der Waals surface area contributed by atoms with Crippen LogP contribution < -0.4 is 10.6 Å². The molecular weight excluding hydrogens is 435 g/mol. The smallest absolute Gasteiger partial charge is 0.306 e. The third-order valence-corrected chi connectivity index (χ3v) is 3.88. The molecule has 0 saturated carbocycles. The Morgan fingerprint density at radius 2 is 2.12 bits per heavy atom. The number of hydrogen-bond donors (Lipinski definition) is 2. The summed E-state index contributed by atoms with van der Waals surface area (Å²) in [6, 6.07) is 0. The van der Waals surface area contributed by atoms with Gasteiger partial charge in [0.05, 0.1) is 11.5 Å². The first-order chi connectivity index (χ1) is 11.4. The summed E-state index contributed by atoms with van der Waals surface area (Å²) < 4.78 is 1.55. The van der Waals surface area contributed by atoms with Gasteiger partial charge in [-0.2, -0.15) is 5.10 Å². The van der Waals surface area contributed by atoms with E-state index in [1.807, 2.05) is 0 Å². The lowest BCUT2D eigenvalue weighted by atomic mass is 9.87. The van der Waals surface area contributed by atoms with E-state index in [2.05, 4.69) is 41.5 Å². The fraction of sp³-hybridized carbons (Fsp3) is 0.750. The number of aliphatic imine (C=N–C) groups is 1. The predicted molar refractivity (Wildman–Crippen MR) is 112 cm³/mol. The molecule has 0 fully saturated rings. The molecule has 144 valence electrons. The molecule has 0 bridgehead atoms. The maximum Gasteiger partial charge on any atom is 0.306 e. The van der Waals surface area contributed by atoms with E-state index in [9.17, 15) is 10.1 Å². The van der Waals surface area contributed by atoms with Crippen molar-refractivity contribution in [2.45, 2.75) is 53.0 Å². The second-order valence-electron chi connectivity index (χ2n) is 6.69. The highest BCUT2D eigenvalue weighted by atomic mass is 127. The van der Waals surface area contributed by atoms with Crippen LogP contribution in [0, 0.1) is 15.5 Å². The molecule has 0 spiro atoms. The minimum Gasteiger partial charge on any atom is -0.356 e. The van der Waals surface area contributed by atoms with Crippen molar-refractivity contribution in [3.63, 3.8) is 0 Å². The van der Waals surface area contributed by atoms with Crippen LogP contribution in [0.1, 0.15) is 46.5 Å². The fourth-order valence-electron chi connectivity index (χ4n) is 2.34. The lowest BCUT2D eigenvalue weighted by molar-refractivity contribution is -0.385. The molecule has 0 aliphatic carbocycles. The number of halogens is 1. The van der Waals surface area contributed by atoms with Crippen molar-refractivity contribution in [2.75, 3.05) is 20.1 Å². The van der Waals surface area contributed by atoms with Gasteiger partial charge in [0.1, 0.15) is 12.4 Å². The van der Waals surface area contributed by atoms with Crippen LogP contribution in [0.4, 0.5) is 5.69 Å². The number of nitrogens with one attached hydrogen (secondary N) is 2. The lowest BCUT2D eigenvalue weighted by Gasteiger charge is -2.26. The Morgan fingerprint density at radius 1 is 1.40 bits per heavy atom. The van der Waals surface area contributed by atoms with Gasteiger partial charge in [-0.1, -0.05) is 40.0 Å². The van der Waals surface area contributed by atoms with E-state index >= 15 is 0 Å². The topological polar surface area (TPSA) is 97.4 Å². The molecule has 1 rings (SSSR count). The molecule has 1 aromatic heterocycles. The molecule has 25 heavy (non-hydrogen) atoms. The Hall–Kier alpha value is -1.39. The lowest BCUT2D eigenvalue weighted by Crippen LogP contribution is -2.43. The number of unbranched alkanes of at least 4 members (excludes halogenated alkanes) is 2. The molecule has 0 unspecified atom stereocenters. The number of hydrogen-bond acceptors (Lipinski definition) is 4. The van der Waals surface area contributed by atoms with Crippen molar-refractivity contribution in [2.24, 2.45) is 10.4 Å². The summed E-state index contributed by atoms with van der Waals surface area (Å²) in [6.45, 7) is 8.70. The van der Waals surface area contributed by atoms with E-state index in [-0.39, 0.29) is 35.1 Å². The summed E-state index contributed by atoms with van der Waals surface area (Å²) in [7, 11) is 1.73. The maximum atomic E-state index is 10.6. The Labute approximate surface area is 167 Å². The molecule has 0 saturated heterocycles. The first-order valence-electron chi connectivity index (χ1n) is 8.49. The van der Waals surface area contributed by atoms with Crippen molar-refractivity contribution < 1.29 is 4.92 Å². The first kappa shape index (κ1) is 23.6. The minimum absolute atomic E-state index is 0. The molecule has 1 aromatic rings. The first-order valence-corrected chi connectivity index (χ1v) is 8.49. The van der Waals surface area contributed by atoms with Gasteiger partial charge in [0.2, 0.25) is 0 Å². The van der Waals surface area contributed by atoms with Gasteiger partial charge in [-0.15, -0.1) is 24.0 Å². The van der Waals surface area contributed by atoms with Crippen LogP contribution in [-0.4, -0.2) is 40.8 Å². The van der Waals surface area contributed by atoms with Gasteiger partial charge in [0.25, 0.3) is 0 Å². The van der Waals surface area contributed by atoms with E-state index in [0.717, 1.165) is 12.5 Å². The molecule has 0 atom stereocenters. The number of aromatic nitrogens is 2. The van der Waals surface area contributed by atoms with E-state index in [1.165, 1.54) is 38.1 Å². The zero-order valence-corrected chi connectivity index (χ0v) is 17.9. The van der Waals surface area contributed by atoms with E-state index in [1.54, 1.807) is 11.7 Å². The van der Waals surface area contributed by atoms with E-state index in [0.29, 0.717) is 13.1 Å². The molecule has 2 N–H and O–H groups in total. The summed E-state index contributed by atoms with van der Waals surface area (Å²) in [4.78, 5) is 14.4. The molecule has 1 heterocycles. The van der Waals surface area contributed by atoms with Crippen LogP contribution in [0.15, 0.2) is 17.4 Å². The van der Waals surface area contributed by atoms with E-state index < -0.39 is 4.92 Å². The Bertz CT molecular complexity index is 544. The normalized spacial score (nSPS) is 11.8. The second kappa shape index (κ2) is 12.0. The maximum absolute atomic E-state index is 10.6. The zero-order valence-electron chi connectivity index (χ0n) is 15.6. The number of guanidine groups is 1. The summed E-state index contributed by atoms with van der Waals surface area (Å²) in [5.41, 5.74) is 0.224. The predicted octanol–water partition coefficient (Wildman–Crippen LogP) is 3.18. The largest absolute Gasteiger partial charge is 0.356 e. The van der Waals surface area contributed by atoms with Crippen molar-refractivity contribution >= 4 is 35.6 Å². The molecular formula is C16H31IN6O2. The minimum atomic E-state index is -0.446. The molecule has 0 aromatic carbocycles. The highest BCUT2D eigenvalue weighted by Crippen LogP contribution is 2.22. The standard InChI is InChI=1S/C16H30N6O2.HI/c1-5-6-7-8-16(2,3)13-19-15(17-4)18-9-10-21-12-14(11-20-21)22(23)24;/h11-12H,5-10,13H2,1-4H3,(H2,17,18,19);1H. The second-order valence-corrected chi connectivity index (χ2v) is 6.69. The molecule has 0 radical (unpaired) electrons. The van der Waals surface area contributed by atoms with Gasteiger partial charge in [-0.3, -0.25) is 19.8 Å². The summed E-state index contributed by atoms with van der Waals surface area (Å²) in [6.07, 6.45) is 7.61. The van der Waals surface area contributed by atoms with Gasteiger partial charge in [-0.25, -0.2) is 0 Å². The molecule has 0 aliphatic rings. The molecule has 8 nitrogen and oxygen atoms in total. The van der Waals surface area contributed by atoms with Gasteiger partial charge in [0, 0.05) is 20.1 Å². The zero-order chi connectivity index (χ0) is 18.0. The molecule has 9 heteroatoms. The van der Waals surface area contributed by atoms with Gasteiger partial charge < -0.3 is 10.6 Å². The quantitative estimate of drug-likeness (QED) is 0.138. The summed E-state index contributed by atoms with van der Waals surface area (Å²) in [5.74, 6) is 0.736. The van der Waals surface area contributed by atoms with Gasteiger partial charge in [-0.05, 0) is 11.8 Å². The van der Waals surface area contributed by atoms with Crippen molar-refractivity contribution in [1.82, 2.24) is 20.4 Å². The van der Waals surface area contributed by atoms with Crippen LogP contribution in [0.3, 0.4) is 0 Å². The van der Waals surface area contributed by atoms with Crippen LogP contribution in [0.2, 0.25) is 0 Å². The molecule has 0 amide bonds. The Morgan fingerprint density at radius 3 is 2.68 bits per heavy atom. The monoisotopic (exact) mass is 466 g/mol. The number of nitrogens with zero attached hydrogens (tertiary/aromatic N) is 4. The molecule has 0 aliphatic heterocycles. The number of rotatable bonds is 10. The van der Waals surface area contributed by atoms with Gasteiger partial charge >= 0.3 is 5.69 Å². The SMILES string of the molecule is CCCCCC(C)(C)CNC(=NC)NCCn1cc([N+](=O)[O-])cn1.I. The average Bonchev–Trinajstić information content (AvgIpc) is 3.00. The summed E-state index contributed by atoms with van der Waals surface area (Å²) in [5, 5.41) is 21.1. The van der Waals surface area contributed by atoms with Crippen LogP contribution in [0.25, 0.3) is 0 Å². The average molecular weight is 466 g/mol. The van der Waals surface area contributed by atoms with Crippen molar-refractivity contribution in [3.05, 3.63) is 22.5 Å². The van der Waals surface area contributed by atoms with Gasteiger partial charge in [0.15, 0.2) is 5.96 Å². The summed E-state index contributed by atoms with van der Waals surface area (Å²) >= 11 is 0. The van der Waals surface area contributed by atoms with Crippen molar-refractivity contribution in [3.8, 4) is 0 Å².